The number of halogens is 1. The molecule has 0 saturated heterocycles. The molecule has 0 atom stereocenters. The van der Waals surface area contributed by atoms with E-state index >= 15 is 0 Å². The summed E-state index contributed by atoms with van der Waals surface area (Å²) in [5.41, 5.74) is 1.34. The number of sulfonamides is 1. The van der Waals surface area contributed by atoms with Crippen LogP contribution in [-0.2, 0) is 16.4 Å². The minimum Gasteiger partial charge on any atom is -0.496 e. The van der Waals surface area contributed by atoms with Crippen LogP contribution >= 0.6 is 0 Å². The normalized spacial score (nSPS) is 11.5. The molecule has 0 amide bonds. The summed E-state index contributed by atoms with van der Waals surface area (Å²) in [7, 11) is -2.14. The SMILES string of the molecule is COc1ccc(S(=O)(=O)NCCc2nc(-c3ccc(F)cc3)no2)cc1C. The van der Waals surface area contributed by atoms with Crippen molar-refractivity contribution in [3.05, 3.63) is 59.7 Å². The molecule has 0 aliphatic carbocycles. The first kappa shape index (κ1) is 19.0. The first-order valence-electron chi connectivity index (χ1n) is 8.12. The van der Waals surface area contributed by atoms with Crippen molar-refractivity contribution in [2.45, 2.75) is 18.2 Å². The summed E-state index contributed by atoms with van der Waals surface area (Å²) in [6.07, 6.45) is 0.225. The fraction of sp³-hybridized carbons (Fsp3) is 0.222. The van der Waals surface area contributed by atoms with E-state index in [1.165, 1.54) is 25.3 Å². The topological polar surface area (TPSA) is 94.3 Å². The lowest BCUT2D eigenvalue weighted by Crippen LogP contribution is -2.26. The zero-order chi connectivity index (χ0) is 19.4. The van der Waals surface area contributed by atoms with Crippen LogP contribution in [0.2, 0.25) is 0 Å². The second-order valence-corrected chi connectivity index (χ2v) is 7.56. The van der Waals surface area contributed by atoms with E-state index in [0.717, 1.165) is 5.56 Å². The summed E-state index contributed by atoms with van der Waals surface area (Å²) >= 11 is 0. The molecule has 0 aliphatic heterocycles. The number of hydrogen-bond donors (Lipinski definition) is 1. The Morgan fingerprint density at radius 2 is 1.93 bits per heavy atom. The number of nitrogens with zero attached hydrogens (tertiary/aromatic N) is 2. The molecule has 1 N–H and O–H groups in total. The van der Waals surface area contributed by atoms with Crippen LogP contribution in [0.15, 0.2) is 51.9 Å². The summed E-state index contributed by atoms with van der Waals surface area (Å²) in [5.74, 6) is 0.861. The molecule has 0 radical (unpaired) electrons. The van der Waals surface area contributed by atoms with Gasteiger partial charge in [-0.15, -0.1) is 0 Å². The molecule has 3 aromatic rings. The van der Waals surface area contributed by atoms with Gasteiger partial charge >= 0.3 is 0 Å². The number of hydrogen-bond acceptors (Lipinski definition) is 6. The second kappa shape index (κ2) is 7.85. The first-order valence-corrected chi connectivity index (χ1v) is 9.60. The summed E-state index contributed by atoms with van der Waals surface area (Å²) < 4.78 is 50.5. The van der Waals surface area contributed by atoms with Crippen molar-refractivity contribution in [3.8, 4) is 17.1 Å². The van der Waals surface area contributed by atoms with Crippen LogP contribution in [0.25, 0.3) is 11.4 Å². The van der Waals surface area contributed by atoms with E-state index in [9.17, 15) is 12.8 Å². The van der Waals surface area contributed by atoms with Crippen molar-refractivity contribution < 1.29 is 22.1 Å². The highest BCUT2D eigenvalue weighted by Gasteiger charge is 2.16. The number of aryl methyl sites for hydroxylation is 1. The third-order valence-corrected chi connectivity index (χ3v) is 5.34. The maximum atomic E-state index is 13.0. The third-order valence-electron chi connectivity index (χ3n) is 3.88. The average Bonchev–Trinajstić information content (AvgIpc) is 3.11. The average molecular weight is 391 g/mol. The molecule has 2 aromatic carbocycles. The maximum Gasteiger partial charge on any atom is 0.240 e. The van der Waals surface area contributed by atoms with E-state index < -0.39 is 10.0 Å². The third kappa shape index (κ3) is 4.50. The highest BCUT2D eigenvalue weighted by atomic mass is 32.2. The number of benzene rings is 2. The van der Waals surface area contributed by atoms with E-state index in [2.05, 4.69) is 14.9 Å². The molecule has 1 aromatic heterocycles. The molecule has 7 nitrogen and oxygen atoms in total. The van der Waals surface area contributed by atoms with Crippen molar-refractivity contribution in [3.63, 3.8) is 0 Å². The van der Waals surface area contributed by atoms with Crippen LogP contribution in [0.5, 0.6) is 5.75 Å². The van der Waals surface area contributed by atoms with Crippen LogP contribution in [0.1, 0.15) is 11.5 Å². The largest absolute Gasteiger partial charge is 0.496 e. The number of ether oxygens (including phenoxy) is 1. The molecule has 0 saturated carbocycles. The predicted octanol–water partition coefficient (Wildman–Crippen LogP) is 2.71. The Labute approximate surface area is 156 Å². The van der Waals surface area contributed by atoms with Crippen molar-refractivity contribution in [2.24, 2.45) is 0 Å². The lowest BCUT2D eigenvalue weighted by Gasteiger charge is -2.09. The maximum absolute atomic E-state index is 13.0. The molecule has 9 heteroatoms. The van der Waals surface area contributed by atoms with E-state index in [4.69, 9.17) is 9.26 Å². The van der Waals surface area contributed by atoms with Gasteiger partial charge in [0.05, 0.1) is 12.0 Å². The van der Waals surface area contributed by atoms with Crippen molar-refractivity contribution in [2.75, 3.05) is 13.7 Å². The summed E-state index contributed by atoms with van der Waals surface area (Å²) in [6, 6.07) is 10.3. The Hall–Kier alpha value is -2.78. The van der Waals surface area contributed by atoms with Crippen LogP contribution in [-0.4, -0.2) is 32.2 Å². The first-order chi connectivity index (χ1) is 12.9. The van der Waals surface area contributed by atoms with E-state index in [1.807, 2.05) is 0 Å². The molecule has 3 rings (SSSR count). The second-order valence-electron chi connectivity index (χ2n) is 5.80. The van der Waals surface area contributed by atoms with Crippen molar-refractivity contribution in [1.29, 1.82) is 0 Å². The Morgan fingerprint density at radius 3 is 2.59 bits per heavy atom. The fourth-order valence-corrected chi connectivity index (χ4v) is 3.58. The van der Waals surface area contributed by atoms with Gasteiger partial charge in [-0.05, 0) is 55.0 Å². The van der Waals surface area contributed by atoms with Crippen LogP contribution in [0, 0.1) is 12.7 Å². The lowest BCUT2D eigenvalue weighted by molar-refractivity contribution is 0.379. The van der Waals surface area contributed by atoms with Gasteiger partial charge in [0.25, 0.3) is 0 Å². The minimum absolute atomic E-state index is 0.0957. The fourth-order valence-electron chi connectivity index (χ4n) is 2.47. The zero-order valence-electron chi connectivity index (χ0n) is 14.8. The number of aromatic nitrogens is 2. The molecule has 0 bridgehead atoms. The number of rotatable bonds is 7. The minimum atomic E-state index is -3.67. The monoisotopic (exact) mass is 391 g/mol. The molecular weight excluding hydrogens is 373 g/mol. The summed E-state index contributed by atoms with van der Waals surface area (Å²) in [5, 5.41) is 3.82. The van der Waals surface area contributed by atoms with Gasteiger partial charge in [-0.1, -0.05) is 5.16 Å². The van der Waals surface area contributed by atoms with Gasteiger partial charge < -0.3 is 9.26 Å². The molecule has 27 heavy (non-hydrogen) atoms. The van der Waals surface area contributed by atoms with Crippen molar-refractivity contribution >= 4 is 10.0 Å². The molecule has 0 unspecified atom stereocenters. The molecule has 0 fully saturated rings. The molecular formula is C18H18FN3O4S. The Kier molecular flexibility index (Phi) is 5.52. The van der Waals surface area contributed by atoms with Gasteiger partial charge in [0.2, 0.25) is 21.7 Å². The quantitative estimate of drug-likeness (QED) is 0.666. The van der Waals surface area contributed by atoms with Crippen LogP contribution in [0.4, 0.5) is 4.39 Å². The molecule has 142 valence electrons. The highest BCUT2D eigenvalue weighted by Crippen LogP contribution is 2.21. The predicted molar refractivity (Wildman–Crippen MR) is 96.3 cm³/mol. The van der Waals surface area contributed by atoms with Gasteiger partial charge in [0.1, 0.15) is 11.6 Å². The van der Waals surface area contributed by atoms with Gasteiger partial charge in [-0.2, -0.15) is 4.98 Å². The lowest BCUT2D eigenvalue weighted by atomic mass is 10.2. The Bertz CT molecular complexity index is 1030. The van der Waals surface area contributed by atoms with Crippen LogP contribution in [0.3, 0.4) is 0 Å². The van der Waals surface area contributed by atoms with Gasteiger partial charge in [0.15, 0.2) is 0 Å². The number of nitrogens with one attached hydrogen (secondary N) is 1. The van der Waals surface area contributed by atoms with Gasteiger partial charge in [0, 0.05) is 18.5 Å². The highest BCUT2D eigenvalue weighted by molar-refractivity contribution is 7.89. The molecule has 0 aliphatic rings. The summed E-state index contributed by atoms with van der Waals surface area (Å²) in [4.78, 5) is 4.34. The summed E-state index contributed by atoms with van der Waals surface area (Å²) in [6.45, 7) is 1.87. The van der Waals surface area contributed by atoms with E-state index in [0.29, 0.717) is 17.1 Å². The van der Waals surface area contributed by atoms with E-state index in [1.54, 1.807) is 31.2 Å². The molecule has 1 heterocycles. The van der Waals surface area contributed by atoms with Gasteiger partial charge in [-0.25, -0.2) is 17.5 Å². The van der Waals surface area contributed by atoms with E-state index in [-0.39, 0.29) is 29.6 Å². The van der Waals surface area contributed by atoms with Crippen LogP contribution < -0.4 is 9.46 Å². The Morgan fingerprint density at radius 1 is 1.19 bits per heavy atom. The Balaban J connectivity index is 1.62. The smallest absolute Gasteiger partial charge is 0.240 e. The molecule has 0 spiro atoms. The zero-order valence-corrected chi connectivity index (χ0v) is 15.6. The van der Waals surface area contributed by atoms with Crippen molar-refractivity contribution in [1.82, 2.24) is 14.9 Å². The van der Waals surface area contributed by atoms with Gasteiger partial charge in [-0.3, -0.25) is 0 Å². The number of methoxy groups -OCH3 is 1. The standard InChI is InChI=1S/C18H18FN3O4S/c1-12-11-15(7-8-16(12)25-2)27(23,24)20-10-9-17-21-18(22-26-17)13-3-5-14(19)6-4-13/h3-8,11,20H,9-10H2,1-2H3.